The first kappa shape index (κ1) is 9.14. The summed E-state index contributed by atoms with van der Waals surface area (Å²) < 4.78 is 4.38. The van der Waals surface area contributed by atoms with Crippen LogP contribution < -0.4 is 0 Å². The van der Waals surface area contributed by atoms with E-state index in [1.165, 1.54) is 14.0 Å². The maximum absolute atomic E-state index is 10.5. The van der Waals surface area contributed by atoms with Crippen LogP contribution in [-0.4, -0.2) is 18.9 Å². The van der Waals surface area contributed by atoms with E-state index in [4.69, 9.17) is 0 Å². The van der Waals surface area contributed by atoms with Gasteiger partial charge in [0.25, 0.3) is 0 Å². The fourth-order valence-electron chi connectivity index (χ4n) is 0.584. The number of rotatable bonds is 4. The molecule has 0 unspecified atom stereocenters. The lowest BCUT2D eigenvalue weighted by molar-refractivity contribution is -0.140. The van der Waals surface area contributed by atoms with Gasteiger partial charge in [-0.25, -0.2) is 0 Å². The highest BCUT2D eigenvalue weighted by atomic mass is 16.5. The summed E-state index contributed by atoms with van der Waals surface area (Å²) in [5, 5.41) is 0. The Hall–Kier alpha value is -0.860. The highest BCUT2D eigenvalue weighted by Gasteiger charge is 2.00. The normalized spacial score (nSPS) is 9.00. The monoisotopic (exact) mass is 144 g/mol. The summed E-state index contributed by atoms with van der Waals surface area (Å²) in [5.41, 5.74) is 0. The molecule has 0 aliphatic rings. The summed E-state index contributed by atoms with van der Waals surface area (Å²) >= 11 is 0. The third-order valence-electron chi connectivity index (χ3n) is 1.14. The van der Waals surface area contributed by atoms with Crippen molar-refractivity contribution >= 4 is 11.8 Å². The third-order valence-corrected chi connectivity index (χ3v) is 1.14. The molecule has 0 rings (SSSR count). The van der Waals surface area contributed by atoms with Gasteiger partial charge < -0.3 is 9.53 Å². The first-order chi connectivity index (χ1) is 4.66. The van der Waals surface area contributed by atoms with Crippen LogP contribution in [0.2, 0.25) is 0 Å². The number of carbonyl (C=O) groups excluding carboxylic acids is 2. The number of esters is 1. The van der Waals surface area contributed by atoms with E-state index < -0.39 is 0 Å². The minimum Gasteiger partial charge on any atom is -0.469 e. The first-order valence-electron chi connectivity index (χ1n) is 3.23. The minimum atomic E-state index is -0.249. The van der Waals surface area contributed by atoms with Gasteiger partial charge >= 0.3 is 5.97 Å². The highest BCUT2D eigenvalue weighted by Crippen LogP contribution is 1.96. The van der Waals surface area contributed by atoms with Crippen molar-refractivity contribution in [2.75, 3.05) is 7.11 Å². The summed E-state index contributed by atoms with van der Waals surface area (Å²) in [5.74, 6) is -0.134. The molecule has 0 atom stereocenters. The lowest BCUT2D eigenvalue weighted by Gasteiger charge is -1.95. The molecule has 0 spiro atoms. The van der Waals surface area contributed by atoms with Crippen LogP contribution in [0.4, 0.5) is 0 Å². The van der Waals surface area contributed by atoms with Crippen molar-refractivity contribution in [1.82, 2.24) is 0 Å². The summed E-state index contributed by atoms with van der Waals surface area (Å²) in [7, 11) is 1.34. The Morgan fingerprint density at radius 1 is 1.30 bits per heavy atom. The molecule has 0 aromatic rings. The van der Waals surface area contributed by atoms with Crippen LogP contribution >= 0.6 is 0 Å². The van der Waals surface area contributed by atoms with Crippen molar-refractivity contribution in [3.63, 3.8) is 0 Å². The van der Waals surface area contributed by atoms with Crippen molar-refractivity contribution in [1.29, 1.82) is 0 Å². The molecule has 0 aliphatic heterocycles. The molecule has 0 fully saturated rings. The maximum atomic E-state index is 10.5. The Kier molecular flexibility index (Phi) is 4.54. The molecular weight excluding hydrogens is 132 g/mol. The fraction of sp³-hybridized carbons (Fsp3) is 0.714. The smallest absolute Gasteiger partial charge is 0.305 e. The minimum absolute atomic E-state index is 0.115. The molecule has 10 heavy (non-hydrogen) atoms. The number of carbonyl (C=O) groups is 2. The average molecular weight is 144 g/mol. The number of ether oxygens (including phenoxy) is 1. The summed E-state index contributed by atoms with van der Waals surface area (Å²) in [6.07, 6.45) is 1.41. The molecule has 0 radical (unpaired) electrons. The zero-order chi connectivity index (χ0) is 7.98. The van der Waals surface area contributed by atoms with E-state index in [0.29, 0.717) is 19.3 Å². The van der Waals surface area contributed by atoms with Gasteiger partial charge in [0.15, 0.2) is 0 Å². The van der Waals surface area contributed by atoms with Crippen LogP contribution in [0.25, 0.3) is 0 Å². The van der Waals surface area contributed by atoms with E-state index in [-0.39, 0.29) is 11.8 Å². The molecule has 0 heterocycles. The molecule has 0 amide bonds. The molecule has 0 bridgehead atoms. The molecule has 0 aromatic heterocycles. The second kappa shape index (κ2) is 4.97. The number of Topliss-reactive ketones (excluding diaryl/α,β-unsaturated/α-hetero) is 1. The predicted molar refractivity (Wildman–Crippen MR) is 36.5 cm³/mol. The van der Waals surface area contributed by atoms with Crippen molar-refractivity contribution < 1.29 is 14.3 Å². The molecule has 0 N–H and O–H groups in total. The molecule has 0 aromatic carbocycles. The Morgan fingerprint density at radius 2 is 1.90 bits per heavy atom. The molecule has 58 valence electrons. The van der Waals surface area contributed by atoms with Crippen LogP contribution in [-0.2, 0) is 14.3 Å². The SMILES string of the molecule is COC(=O)CCCC(C)=O. The van der Waals surface area contributed by atoms with E-state index in [0.717, 1.165) is 0 Å². The number of hydrogen-bond donors (Lipinski definition) is 0. The lowest BCUT2D eigenvalue weighted by atomic mass is 10.2. The fourth-order valence-corrected chi connectivity index (χ4v) is 0.584. The molecule has 0 aliphatic carbocycles. The molecule has 3 heteroatoms. The van der Waals surface area contributed by atoms with Crippen LogP contribution in [0.3, 0.4) is 0 Å². The maximum Gasteiger partial charge on any atom is 0.305 e. The van der Waals surface area contributed by atoms with Crippen LogP contribution in [0, 0.1) is 0 Å². The van der Waals surface area contributed by atoms with E-state index >= 15 is 0 Å². The summed E-state index contributed by atoms with van der Waals surface area (Å²) in [4.78, 5) is 20.8. The predicted octanol–water partition coefficient (Wildman–Crippen LogP) is 0.919. The van der Waals surface area contributed by atoms with E-state index in [1.807, 2.05) is 0 Å². The second-order valence-electron chi connectivity index (χ2n) is 2.13. The molecular formula is C7H12O3. The van der Waals surface area contributed by atoms with Gasteiger partial charge in [-0.05, 0) is 13.3 Å². The van der Waals surface area contributed by atoms with Gasteiger partial charge in [0.2, 0.25) is 0 Å². The zero-order valence-corrected chi connectivity index (χ0v) is 6.35. The Balaban J connectivity index is 3.20. The highest BCUT2D eigenvalue weighted by molar-refractivity contribution is 5.76. The summed E-state index contributed by atoms with van der Waals surface area (Å²) in [6.45, 7) is 1.51. The van der Waals surface area contributed by atoms with Crippen molar-refractivity contribution in [2.45, 2.75) is 26.2 Å². The van der Waals surface area contributed by atoms with Gasteiger partial charge in [0.05, 0.1) is 7.11 Å². The van der Waals surface area contributed by atoms with E-state index in [2.05, 4.69) is 4.74 Å². The average Bonchev–Trinajstić information content (AvgIpc) is 1.87. The number of hydrogen-bond acceptors (Lipinski definition) is 3. The van der Waals surface area contributed by atoms with E-state index in [9.17, 15) is 9.59 Å². The van der Waals surface area contributed by atoms with Gasteiger partial charge in [0, 0.05) is 12.8 Å². The third kappa shape index (κ3) is 5.28. The van der Waals surface area contributed by atoms with Crippen molar-refractivity contribution in [2.24, 2.45) is 0 Å². The molecule has 0 saturated heterocycles. The Morgan fingerprint density at radius 3 is 2.30 bits per heavy atom. The van der Waals surface area contributed by atoms with E-state index in [1.54, 1.807) is 0 Å². The van der Waals surface area contributed by atoms with Crippen molar-refractivity contribution in [3.05, 3.63) is 0 Å². The van der Waals surface area contributed by atoms with Crippen LogP contribution in [0.15, 0.2) is 0 Å². The topological polar surface area (TPSA) is 43.4 Å². The van der Waals surface area contributed by atoms with Crippen LogP contribution in [0.1, 0.15) is 26.2 Å². The molecule has 3 nitrogen and oxygen atoms in total. The number of methoxy groups -OCH3 is 1. The molecule has 0 saturated carbocycles. The van der Waals surface area contributed by atoms with Gasteiger partial charge in [-0.2, -0.15) is 0 Å². The van der Waals surface area contributed by atoms with Gasteiger partial charge in [-0.1, -0.05) is 0 Å². The Labute approximate surface area is 60.4 Å². The van der Waals surface area contributed by atoms with Gasteiger partial charge in [0.1, 0.15) is 5.78 Å². The van der Waals surface area contributed by atoms with Gasteiger partial charge in [-0.15, -0.1) is 0 Å². The van der Waals surface area contributed by atoms with Gasteiger partial charge in [-0.3, -0.25) is 4.79 Å². The standard InChI is InChI=1S/C7H12O3/c1-6(8)4-3-5-7(9)10-2/h3-5H2,1-2H3. The Bertz CT molecular complexity index is 129. The number of ketones is 1. The zero-order valence-electron chi connectivity index (χ0n) is 6.35. The summed E-state index contributed by atoms with van der Waals surface area (Å²) in [6, 6.07) is 0. The second-order valence-corrected chi connectivity index (χ2v) is 2.13. The largest absolute Gasteiger partial charge is 0.469 e. The lowest BCUT2D eigenvalue weighted by Crippen LogP contribution is -2.00. The van der Waals surface area contributed by atoms with Crippen molar-refractivity contribution in [3.8, 4) is 0 Å². The van der Waals surface area contributed by atoms with Crippen LogP contribution in [0.5, 0.6) is 0 Å². The quantitative estimate of drug-likeness (QED) is 0.551. The first-order valence-corrected chi connectivity index (χ1v) is 3.23.